The summed E-state index contributed by atoms with van der Waals surface area (Å²) in [6.45, 7) is 7.52. The van der Waals surface area contributed by atoms with E-state index in [1.54, 1.807) is 0 Å². The van der Waals surface area contributed by atoms with Gasteiger partial charge in [0.25, 0.3) is 0 Å². The number of benzene rings is 1. The third-order valence-electron chi connectivity index (χ3n) is 4.82. The molecule has 0 unspecified atom stereocenters. The van der Waals surface area contributed by atoms with Crippen molar-refractivity contribution in [1.82, 2.24) is 4.90 Å². The number of aliphatic hydroxyl groups is 1. The minimum Gasteiger partial charge on any atom is -0.389 e. The van der Waals surface area contributed by atoms with Gasteiger partial charge >= 0.3 is 0 Å². The highest BCUT2D eigenvalue weighted by Gasteiger charge is 2.40. The topological polar surface area (TPSA) is 23.5 Å². The van der Waals surface area contributed by atoms with Gasteiger partial charge in [-0.05, 0) is 43.9 Å². The van der Waals surface area contributed by atoms with Gasteiger partial charge in [-0.2, -0.15) is 0 Å². The SMILES string of the molecule is CCc1ccc(C[C@]2(O)C[C@@H](C)N(C)C[C@H]2C)cc1. The van der Waals surface area contributed by atoms with Gasteiger partial charge < -0.3 is 10.0 Å². The highest BCUT2D eigenvalue weighted by molar-refractivity contribution is 5.24. The van der Waals surface area contributed by atoms with E-state index < -0.39 is 5.60 Å². The van der Waals surface area contributed by atoms with Crippen LogP contribution in [-0.4, -0.2) is 35.2 Å². The molecule has 3 atom stereocenters. The van der Waals surface area contributed by atoms with E-state index in [1.165, 1.54) is 11.1 Å². The summed E-state index contributed by atoms with van der Waals surface area (Å²) in [5.74, 6) is 0.319. The summed E-state index contributed by atoms with van der Waals surface area (Å²) in [4.78, 5) is 2.35. The molecule has 1 aromatic carbocycles. The first-order chi connectivity index (χ1) is 8.94. The molecule has 0 radical (unpaired) electrons. The zero-order chi connectivity index (χ0) is 14.0. The quantitative estimate of drug-likeness (QED) is 0.904. The Morgan fingerprint density at radius 2 is 1.79 bits per heavy atom. The van der Waals surface area contributed by atoms with Crippen LogP contribution in [0.2, 0.25) is 0 Å². The van der Waals surface area contributed by atoms with Crippen molar-refractivity contribution in [3.63, 3.8) is 0 Å². The average Bonchev–Trinajstić information content (AvgIpc) is 2.37. The predicted octanol–water partition coefficient (Wildman–Crippen LogP) is 2.88. The molecule has 0 bridgehead atoms. The lowest BCUT2D eigenvalue weighted by atomic mass is 9.75. The van der Waals surface area contributed by atoms with E-state index in [0.29, 0.717) is 12.0 Å². The highest BCUT2D eigenvalue weighted by Crippen LogP contribution is 2.33. The van der Waals surface area contributed by atoms with Crippen LogP contribution in [-0.2, 0) is 12.8 Å². The van der Waals surface area contributed by atoms with Crippen molar-refractivity contribution in [3.8, 4) is 0 Å². The number of hydrogen-bond donors (Lipinski definition) is 1. The van der Waals surface area contributed by atoms with Gasteiger partial charge in [-0.25, -0.2) is 0 Å². The Hall–Kier alpha value is -0.860. The van der Waals surface area contributed by atoms with Gasteiger partial charge in [-0.15, -0.1) is 0 Å². The van der Waals surface area contributed by atoms with Crippen molar-refractivity contribution in [1.29, 1.82) is 0 Å². The fourth-order valence-corrected chi connectivity index (χ4v) is 3.14. The second-order valence-electron chi connectivity index (χ2n) is 6.34. The lowest BCUT2D eigenvalue weighted by Gasteiger charge is -2.46. The molecule has 0 spiro atoms. The molecule has 2 nitrogen and oxygen atoms in total. The second kappa shape index (κ2) is 5.64. The van der Waals surface area contributed by atoms with Crippen LogP contribution in [0.15, 0.2) is 24.3 Å². The summed E-state index contributed by atoms with van der Waals surface area (Å²) in [5, 5.41) is 11.0. The Labute approximate surface area is 117 Å². The predicted molar refractivity (Wildman–Crippen MR) is 80.3 cm³/mol. The number of piperidine rings is 1. The van der Waals surface area contributed by atoms with Gasteiger partial charge in [0.05, 0.1) is 5.60 Å². The average molecular weight is 261 g/mol. The number of rotatable bonds is 3. The zero-order valence-corrected chi connectivity index (χ0v) is 12.7. The summed E-state index contributed by atoms with van der Waals surface area (Å²) in [6.07, 6.45) is 2.71. The molecule has 1 aliphatic rings. The minimum atomic E-state index is -0.556. The largest absolute Gasteiger partial charge is 0.389 e. The summed E-state index contributed by atoms with van der Waals surface area (Å²) < 4.78 is 0. The molecule has 0 aliphatic carbocycles. The van der Waals surface area contributed by atoms with E-state index in [0.717, 1.165) is 25.8 Å². The molecule has 0 aromatic heterocycles. The van der Waals surface area contributed by atoms with Crippen LogP contribution in [0, 0.1) is 5.92 Å². The van der Waals surface area contributed by atoms with Crippen LogP contribution in [0.3, 0.4) is 0 Å². The van der Waals surface area contributed by atoms with Crippen LogP contribution >= 0.6 is 0 Å². The molecule has 1 N–H and O–H groups in total. The van der Waals surface area contributed by atoms with Gasteiger partial charge in [0.1, 0.15) is 0 Å². The molecular formula is C17H27NO. The summed E-state index contributed by atoms with van der Waals surface area (Å²) >= 11 is 0. The van der Waals surface area contributed by atoms with Gasteiger partial charge in [0, 0.05) is 19.0 Å². The Morgan fingerprint density at radius 1 is 1.21 bits per heavy atom. The van der Waals surface area contributed by atoms with Crippen LogP contribution < -0.4 is 0 Å². The van der Waals surface area contributed by atoms with Crippen molar-refractivity contribution in [2.75, 3.05) is 13.6 Å². The van der Waals surface area contributed by atoms with Crippen LogP contribution in [0.25, 0.3) is 0 Å². The third kappa shape index (κ3) is 3.18. The van der Waals surface area contributed by atoms with Crippen molar-refractivity contribution in [2.45, 2.75) is 51.7 Å². The first kappa shape index (κ1) is 14.5. The van der Waals surface area contributed by atoms with Crippen LogP contribution in [0.4, 0.5) is 0 Å². The van der Waals surface area contributed by atoms with E-state index in [4.69, 9.17) is 0 Å². The molecule has 0 saturated carbocycles. The summed E-state index contributed by atoms with van der Waals surface area (Å²) in [7, 11) is 2.15. The van der Waals surface area contributed by atoms with E-state index in [-0.39, 0.29) is 0 Å². The first-order valence-corrected chi connectivity index (χ1v) is 7.45. The maximum absolute atomic E-state index is 11.0. The lowest BCUT2D eigenvalue weighted by molar-refractivity contribution is -0.0778. The van der Waals surface area contributed by atoms with E-state index in [1.807, 2.05) is 0 Å². The Kier molecular flexibility index (Phi) is 4.32. The minimum absolute atomic E-state index is 0.319. The van der Waals surface area contributed by atoms with E-state index >= 15 is 0 Å². The number of nitrogens with zero attached hydrogens (tertiary/aromatic N) is 1. The molecule has 2 heteroatoms. The van der Waals surface area contributed by atoms with Crippen LogP contribution in [0.1, 0.15) is 38.3 Å². The lowest BCUT2D eigenvalue weighted by Crippen LogP contribution is -2.54. The summed E-state index contributed by atoms with van der Waals surface area (Å²) in [6, 6.07) is 9.17. The third-order valence-corrected chi connectivity index (χ3v) is 4.82. The maximum atomic E-state index is 11.0. The molecule has 19 heavy (non-hydrogen) atoms. The number of hydrogen-bond acceptors (Lipinski definition) is 2. The molecule has 106 valence electrons. The van der Waals surface area contributed by atoms with E-state index in [9.17, 15) is 5.11 Å². The first-order valence-electron chi connectivity index (χ1n) is 7.45. The highest BCUT2D eigenvalue weighted by atomic mass is 16.3. The van der Waals surface area contributed by atoms with E-state index in [2.05, 4.69) is 57.0 Å². The standard InChI is InChI=1S/C17H27NO/c1-5-15-6-8-16(9-7-15)11-17(19)10-14(3)18(4)12-13(17)2/h6-9,13-14,19H,5,10-12H2,1-4H3/t13-,14-,17-/m1/s1. The Bertz CT molecular complexity index is 414. The smallest absolute Gasteiger partial charge is 0.0740 e. The molecule has 2 rings (SSSR count). The van der Waals surface area contributed by atoms with Gasteiger partial charge in [-0.3, -0.25) is 0 Å². The number of likely N-dealkylation sites (tertiary alicyclic amines) is 1. The molecule has 1 heterocycles. The molecule has 1 aromatic rings. The monoisotopic (exact) mass is 261 g/mol. The molecule has 1 aliphatic heterocycles. The fraction of sp³-hybridized carbons (Fsp3) is 0.647. The Balaban J connectivity index is 2.11. The Morgan fingerprint density at radius 3 is 2.37 bits per heavy atom. The second-order valence-corrected chi connectivity index (χ2v) is 6.34. The molecular weight excluding hydrogens is 234 g/mol. The van der Waals surface area contributed by atoms with Gasteiger partial charge in [-0.1, -0.05) is 38.1 Å². The van der Waals surface area contributed by atoms with Gasteiger partial charge in [0.2, 0.25) is 0 Å². The van der Waals surface area contributed by atoms with Crippen molar-refractivity contribution in [2.24, 2.45) is 5.92 Å². The van der Waals surface area contributed by atoms with Crippen molar-refractivity contribution < 1.29 is 5.11 Å². The number of aryl methyl sites for hydroxylation is 1. The fourth-order valence-electron chi connectivity index (χ4n) is 3.14. The molecule has 1 saturated heterocycles. The van der Waals surface area contributed by atoms with Crippen LogP contribution in [0.5, 0.6) is 0 Å². The molecule has 1 fully saturated rings. The summed E-state index contributed by atoms with van der Waals surface area (Å²) in [5.41, 5.74) is 2.06. The normalized spacial score (nSPS) is 32.5. The maximum Gasteiger partial charge on any atom is 0.0740 e. The molecule has 0 amide bonds. The van der Waals surface area contributed by atoms with Crippen molar-refractivity contribution in [3.05, 3.63) is 35.4 Å². The van der Waals surface area contributed by atoms with Gasteiger partial charge in [0.15, 0.2) is 0 Å². The van der Waals surface area contributed by atoms with Crippen molar-refractivity contribution >= 4 is 0 Å². The zero-order valence-electron chi connectivity index (χ0n) is 12.7.